The summed E-state index contributed by atoms with van der Waals surface area (Å²) in [6, 6.07) is 10.6. The van der Waals surface area contributed by atoms with Crippen LogP contribution in [0.3, 0.4) is 0 Å². The molecular formula is C33H32N2O4S2. The first kappa shape index (κ1) is 26.7. The first-order chi connectivity index (χ1) is 19.9. The normalized spacial score (nSPS) is 23.2. The lowest BCUT2D eigenvalue weighted by Gasteiger charge is -2.34. The van der Waals surface area contributed by atoms with E-state index in [0.29, 0.717) is 11.8 Å². The van der Waals surface area contributed by atoms with Crippen LogP contribution in [0.1, 0.15) is 84.8 Å². The van der Waals surface area contributed by atoms with E-state index in [9.17, 15) is 19.2 Å². The van der Waals surface area contributed by atoms with Crippen LogP contribution in [0.25, 0.3) is 9.75 Å². The fourth-order valence-electron chi connectivity index (χ4n) is 7.57. The van der Waals surface area contributed by atoms with Gasteiger partial charge < -0.3 is 10.1 Å². The number of Topliss-reactive ketones (excluding diaryl/α,β-unsaturated/α-hetero) is 3. The van der Waals surface area contributed by atoms with Crippen molar-refractivity contribution < 1.29 is 19.2 Å². The number of thiophene rings is 2. The van der Waals surface area contributed by atoms with Crippen molar-refractivity contribution in [3.8, 4) is 9.75 Å². The molecule has 41 heavy (non-hydrogen) atoms. The molecule has 6 nitrogen and oxygen atoms in total. The molecule has 3 saturated carbocycles. The predicted molar refractivity (Wildman–Crippen MR) is 163 cm³/mol. The average molecular weight is 585 g/mol. The Morgan fingerprint density at radius 3 is 2.29 bits per heavy atom. The van der Waals surface area contributed by atoms with E-state index in [1.165, 1.54) is 17.5 Å². The van der Waals surface area contributed by atoms with Gasteiger partial charge in [-0.25, -0.2) is 4.99 Å². The molecule has 0 radical (unpaired) electrons. The van der Waals surface area contributed by atoms with E-state index in [2.05, 4.69) is 17.4 Å². The van der Waals surface area contributed by atoms with Gasteiger partial charge in [-0.05, 0) is 61.4 Å². The predicted octanol–water partition coefficient (Wildman–Crippen LogP) is 7.24. The number of ketones is 3. The summed E-state index contributed by atoms with van der Waals surface area (Å²) >= 11 is 3.13. The highest BCUT2D eigenvalue weighted by Crippen LogP contribution is 2.62. The van der Waals surface area contributed by atoms with Gasteiger partial charge in [-0.2, -0.15) is 0 Å². The van der Waals surface area contributed by atoms with Crippen LogP contribution in [0, 0.1) is 18.8 Å². The molecule has 0 aliphatic heterocycles. The third-order valence-corrected chi connectivity index (χ3v) is 11.9. The molecule has 3 aromatic rings. The molecular weight excluding hydrogens is 553 g/mol. The Balaban J connectivity index is 1.24. The second-order valence-corrected chi connectivity index (χ2v) is 14.0. The van der Waals surface area contributed by atoms with Crippen LogP contribution >= 0.6 is 22.7 Å². The number of nitrogens with one attached hydrogen (secondary N) is 1. The smallest absolute Gasteiger partial charge is 0.192 e. The summed E-state index contributed by atoms with van der Waals surface area (Å²) in [7, 11) is 0. The summed E-state index contributed by atoms with van der Waals surface area (Å²) < 4.78 is 0. The number of aryl methyl sites for hydroxylation is 1. The van der Waals surface area contributed by atoms with Gasteiger partial charge in [0.05, 0.1) is 14.8 Å². The lowest BCUT2D eigenvalue weighted by Crippen LogP contribution is -2.31. The van der Waals surface area contributed by atoms with Gasteiger partial charge in [-0.3, -0.25) is 14.4 Å². The van der Waals surface area contributed by atoms with Crippen molar-refractivity contribution in [2.24, 2.45) is 16.8 Å². The number of carbonyl (C=O) groups is 4. The zero-order chi connectivity index (χ0) is 28.3. The van der Waals surface area contributed by atoms with Crippen LogP contribution in [0.15, 0.2) is 41.4 Å². The molecule has 3 fully saturated rings. The van der Waals surface area contributed by atoms with Gasteiger partial charge in [-0.1, -0.05) is 56.4 Å². The number of rotatable bonds is 6. The molecule has 1 aromatic carbocycles. The summed E-state index contributed by atoms with van der Waals surface area (Å²) in [5, 5.41) is 4.76. The third-order valence-electron chi connectivity index (χ3n) is 9.65. The van der Waals surface area contributed by atoms with Crippen molar-refractivity contribution >= 4 is 62.0 Å². The van der Waals surface area contributed by atoms with Gasteiger partial charge in [0.2, 0.25) is 0 Å². The van der Waals surface area contributed by atoms with Gasteiger partial charge in [0.15, 0.2) is 23.1 Å². The minimum absolute atomic E-state index is 0.0674. The second-order valence-electron chi connectivity index (χ2n) is 11.9. The van der Waals surface area contributed by atoms with Gasteiger partial charge >= 0.3 is 0 Å². The van der Waals surface area contributed by atoms with E-state index in [-0.39, 0.29) is 40.3 Å². The van der Waals surface area contributed by atoms with Crippen molar-refractivity contribution in [1.82, 2.24) is 0 Å². The van der Waals surface area contributed by atoms with Crippen LogP contribution < -0.4 is 5.32 Å². The maximum absolute atomic E-state index is 13.2. The maximum atomic E-state index is 13.2. The molecule has 0 saturated heterocycles. The number of anilines is 1. The highest BCUT2D eigenvalue weighted by Gasteiger charge is 2.49. The van der Waals surface area contributed by atoms with Crippen LogP contribution in [0.4, 0.5) is 10.0 Å². The average Bonchev–Trinajstić information content (AvgIpc) is 3.72. The molecule has 7 rings (SSSR count). The van der Waals surface area contributed by atoms with E-state index in [4.69, 9.17) is 4.99 Å². The van der Waals surface area contributed by atoms with Gasteiger partial charge in [-0.15, -0.1) is 22.7 Å². The van der Waals surface area contributed by atoms with Crippen molar-refractivity contribution in [2.45, 2.75) is 76.2 Å². The largest absolute Gasteiger partial charge is 0.361 e. The zero-order valence-electron chi connectivity index (χ0n) is 23.0. The van der Waals surface area contributed by atoms with E-state index in [0.717, 1.165) is 76.7 Å². The van der Waals surface area contributed by atoms with Crippen molar-refractivity contribution in [3.63, 3.8) is 0 Å². The van der Waals surface area contributed by atoms with Crippen LogP contribution in [-0.2, 0) is 19.8 Å². The number of aldehydes is 1. The van der Waals surface area contributed by atoms with Gasteiger partial charge in [0, 0.05) is 22.8 Å². The molecule has 3 atom stereocenters. The first-order valence-corrected chi connectivity index (χ1v) is 16.3. The standard InChI is InChI=1S/C33H32N2O4S2/c1-18-9-3-4-10-19(18)28(37)24(17-36)34-25-15-22-31(40-25)32-23(33(22)13-7-2-8-14-33)16-26(41-32)35-27-29(38)20-11-5-6-12-21(20)30(27)39/h3-4,9-10,15-17,20-21,24,34H,2,5-8,11-14H2,1H3. The zero-order valence-corrected chi connectivity index (χ0v) is 24.7. The number of aliphatic imine (C=N–C) groups is 1. The molecule has 210 valence electrons. The van der Waals surface area contributed by atoms with Crippen molar-refractivity contribution in [1.29, 1.82) is 0 Å². The van der Waals surface area contributed by atoms with Gasteiger partial charge in [0.1, 0.15) is 17.3 Å². The molecule has 2 heterocycles. The number of hydrogen-bond acceptors (Lipinski definition) is 8. The number of nitrogens with zero attached hydrogens (tertiary/aromatic N) is 1. The van der Waals surface area contributed by atoms with Crippen LogP contribution in [-0.4, -0.2) is 35.4 Å². The molecule has 1 spiro atoms. The first-order valence-electron chi connectivity index (χ1n) is 14.7. The Morgan fingerprint density at radius 1 is 0.951 bits per heavy atom. The summed E-state index contributed by atoms with van der Waals surface area (Å²) in [5.74, 6) is -0.737. The molecule has 4 aliphatic carbocycles. The van der Waals surface area contributed by atoms with Crippen LogP contribution in [0.5, 0.6) is 0 Å². The number of benzene rings is 1. The molecule has 0 bridgehead atoms. The molecule has 1 N–H and O–H groups in total. The fraction of sp³-hybridized carbons (Fsp3) is 0.424. The fourth-order valence-corrected chi connectivity index (χ4v) is 10.1. The van der Waals surface area contributed by atoms with E-state index in [1.807, 2.05) is 25.1 Å². The molecule has 0 amide bonds. The van der Waals surface area contributed by atoms with E-state index in [1.54, 1.807) is 28.7 Å². The van der Waals surface area contributed by atoms with Gasteiger partial charge in [0.25, 0.3) is 0 Å². The topological polar surface area (TPSA) is 92.7 Å². The Bertz CT molecular complexity index is 1600. The minimum atomic E-state index is -0.968. The second kappa shape index (κ2) is 10.2. The Kier molecular flexibility index (Phi) is 6.66. The SMILES string of the molecule is Cc1ccccc1C(=O)C(C=O)Nc1cc2c(s1)-c1sc(N=C3C(=O)C4CCCCC4C3=O)cc1C21CCCCC1. The molecule has 4 aliphatic rings. The quantitative estimate of drug-likeness (QED) is 0.187. The van der Waals surface area contributed by atoms with E-state index < -0.39 is 6.04 Å². The summed E-state index contributed by atoms with van der Waals surface area (Å²) in [6.45, 7) is 1.88. The minimum Gasteiger partial charge on any atom is -0.361 e. The Hall–Kier alpha value is -3.23. The third kappa shape index (κ3) is 4.21. The van der Waals surface area contributed by atoms with Crippen LogP contribution in [0.2, 0.25) is 0 Å². The maximum Gasteiger partial charge on any atom is 0.192 e. The van der Waals surface area contributed by atoms with Crippen molar-refractivity contribution in [3.05, 3.63) is 58.7 Å². The highest BCUT2D eigenvalue weighted by atomic mass is 32.1. The number of hydrogen-bond donors (Lipinski definition) is 1. The monoisotopic (exact) mass is 584 g/mol. The lowest BCUT2D eigenvalue weighted by atomic mass is 9.68. The molecule has 8 heteroatoms. The Morgan fingerprint density at radius 2 is 1.61 bits per heavy atom. The van der Waals surface area contributed by atoms with E-state index >= 15 is 0 Å². The summed E-state index contributed by atoms with van der Waals surface area (Å²) in [6.07, 6.45) is 9.78. The lowest BCUT2D eigenvalue weighted by molar-refractivity contribution is -0.120. The number of fused-ring (bicyclic) bond motifs is 6. The summed E-state index contributed by atoms with van der Waals surface area (Å²) in [4.78, 5) is 58.6. The Labute approximate surface area is 247 Å². The van der Waals surface area contributed by atoms with Crippen molar-refractivity contribution in [2.75, 3.05) is 5.32 Å². The highest BCUT2D eigenvalue weighted by molar-refractivity contribution is 7.26. The summed E-state index contributed by atoms with van der Waals surface area (Å²) in [5.41, 5.74) is 3.92. The molecule has 3 unspecified atom stereocenters. The number of carbonyl (C=O) groups excluding carboxylic acids is 4. The molecule has 2 aromatic heterocycles.